The van der Waals surface area contributed by atoms with Crippen molar-refractivity contribution < 1.29 is 9.47 Å². The molecule has 1 saturated heterocycles. The number of likely N-dealkylation sites (tertiary alicyclic amines) is 1. The summed E-state index contributed by atoms with van der Waals surface area (Å²) in [5, 5.41) is 0. The van der Waals surface area contributed by atoms with Crippen LogP contribution in [0.1, 0.15) is 24.4 Å². The first kappa shape index (κ1) is 12.4. The van der Waals surface area contributed by atoms with Gasteiger partial charge >= 0.3 is 0 Å². The molecule has 0 aliphatic carbocycles. The number of rotatable bonds is 5. The Bertz CT molecular complexity index is 337. The molecule has 0 radical (unpaired) electrons. The molecule has 1 aliphatic rings. The van der Waals surface area contributed by atoms with Gasteiger partial charge in [-0.25, -0.2) is 0 Å². The highest BCUT2D eigenvalue weighted by Crippen LogP contribution is 2.32. The first-order valence-electron chi connectivity index (χ1n) is 6.22. The molecule has 3 nitrogen and oxygen atoms in total. The van der Waals surface area contributed by atoms with E-state index < -0.39 is 0 Å². The quantitative estimate of drug-likeness (QED) is 0.782. The largest absolute Gasteiger partial charge is 0.497 e. The molecule has 0 unspecified atom stereocenters. The Morgan fingerprint density at radius 2 is 2.00 bits per heavy atom. The monoisotopic (exact) mass is 235 g/mol. The highest BCUT2D eigenvalue weighted by atomic mass is 16.5. The van der Waals surface area contributed by atoms with E-state index in [-0.39, 0.29) is 0 Å². The molecule has 1 fully saturated rings. The lowest BCUT2D eigenvalue weighted by Gasteiger charge is -2.24. The maximum Gasteiger partial charge on any atom is 0.118 e. The molecule has 1 aliphatic heterocycles. The van der Waals surface area contributed by atoms with Gasteiger partial charge in [0.25, 0.3) is 0 Å². The minimum atomic E-state index is 0.552. The molecule has 0 bridgehead atoms. The molecule has 0 spiro atoms. The van der Waals surface area contributed by atoms with Gasteiger partial charge in [0.15, 0.2) is 0 Å². The summed E-state index contributed by atoms with van der Waals surface area (Å²) in [6.07, 6.45) is 2.52. The van der Waals surface area contributed by atoms with Crippen molar-refractivity contribution in [2.75, 3.05) is 33.9 Å². The van der Waals surface area contributed by atoms with E-state index in [9.17, 15) is 0 Å². The van der Waals surface area contributed by atoms with Gasteiger partial charge in [0, 0.05) is 19.7 Å². The molecule has 94 valence electrons. The Balaban J connectivity index is 2.03. The normalized spacial score (nSPS) is 20.7. The van der Waals surface area contributed by atoms with Crippen LogP contribution in [0.5, 0.6) is 5.75 Å². The van der Waals surface area contributed by atoms with Gasteiger partial charge in [-0.2, -0.15) is 0 Å². The highest BCUT2D eigenvalue weighted by Gasteiger charge is 2.25. The fourth-order valence-corrected chi connectivity index (χ4v) is 2.51. The average molecular weight is 235 g/mol. The molecule has 0 aromatic heterocycles. The number of methoxy groups -OCH3 is 2. The van der Waals surface area contributed by atoms with Crippen LogP contribution in [0.4, 0.5) is 0 Å². The smallest absolute Gasteiger partial charge is 0.118 e. The third-order valence-electron chi connectivity index (χ3n) is 3.45. The Labute approximate surface area is 103 Å². The van der Waals surface area contributed by atoms with E-state index in [2.05, 4.69) is 17.0 Å². The summed E-state index contributed by atoms with van der Waals surface area (Å²) in [6, 6.07) is 8.99. The highest BCUT2D eigenvalue weighted by molar-refractivity contribution is 5.29. The maximum absolute atomic E-state index is 5.19. The summed E-state index contributed by atoms with van der Waals surface area (Å²) in [7, 11) is 3.47. The van der Waals surface area contributed by atoms with Gasteiger partial charge < -0.3 is 9.47 Å². The van der Waals surface area contributed by atoms with Gasteiger partial charge in [-0.1, -0.05) is 12.1 Å². The third-order valence-corrected chi connectivity index (χ3v) is 3.45. The Hall–Kier alpha value is -1.06. The third kappa shape index (κ3) is 2.99. The molecule has 0 N–H and O–H groups in total. The first-order valence-corrected chi connectivity index (χ1v) is 6.22. The number of benzene rings is 1. The van der Waals surface area contributed by atoms with Crippen molar-refractivity contribution in [1.29, 1.82) is 0 Å². The van der Waals surface area contributed by atoms with Gasteiger partial charge in [0.2, 0.25) is 0 Å². The van der Waals surface area contributed by atoms with Crippen LogP contribution in [-0.4, -0.2) is 38.8 Å². The Morgan fingerprint density at radius 1 is 1.24 bits per heavy atom. The van der Waals surface area contributed by atoms with E-state index in [1.165, 1.54) is 24.9 Å². The zero-order chi connectivity index (χ0) is 12.1. The van der Waals surface area contributed by atoms with Crippen LogP contribution >= 0.6 is 0 Å². The van der Waals surface area contributed by atoms with Crippen LogP contribution in [0.2, 0.25) is 0 Å². The van der Waals surface area contributed by atoms with Crippen LogP contribution in [-0.2, 0) is 4.74 Å². The van der Waals surface area contributed by atoms with Crippen molar-refractivity contribution in [2.24, 2.45) is 0 Å². The van der Waals surface area contributed by atoms with E-state index in [4.69, 9.17) is 9.47 Å². The van der Waals surface area contributed by atoms with Crippen molar-refractivity contribution in [3.05, 3.63) is 29.8 Å². The molecule has 17 heavy (non-hydrogen) atoms. The lowest BCUT2D eigenvalue weighted by atomic mass is 10.0. The molecule has 0 amide bonds. The molecule has 1 aromatic carbocycles. The zero-order valence-electron chi connectivity index (χ0n) is 10.7. The maximum atomic E-state index is 5.19. The standard InChI is InChI=1S/C14H21NO2/c1-16-11-10-15-9-3-4-14(15)12-5-7-13(17-2)8-6-12/h5-8,14H,3-4,9-11H2,1-2H3/t14-/m0/s1. The summed E-state index contributed by atoms with van der Waals surface area (Å²) >= 11 is 0. The second kappa shape index (κ2) is 6.03. The van der Waals surface area contributed by atoms with Crippen LogP contribution in [0, 0.1) is 0 Å². The van der Waals surface area contributed by atoms with Gasteiger partial charge in [0.05, 0.1) is 13.7 Å². The molecule has 3 heteroatoms. The molecule has 1 heterocycles. The predicted molar refractivity (Wildman–Crippen MR) is 68.4 cm³/mol. The zero-order valence-corrected chi connectivity index (χ0v) is 10.7. The summed E-state index contributed by atoms with van der Waals surface area (Å²) in [4.78, 5) is 2.51. The van der Waals surface area contributed by atoms with E-state index in [1.54, 1.807) is 14.2 Å². The molecular formula is C14H21NO2. The lowest BCUT2D eigenvalue weighted by Crippen LogP contribution is -2.26. The van der Waals surface area contributed by atoms with Gasteiger partial charge in [-0.05, 0) is 37.1 Å². The molecule has 1 aromatic rings. The van der Waals surface area contributed by atoms with Gasteiger partial charge in [0.1, 0.15) is 5.75 Å². The van der Waals surface area contributed by atoms with Crippen molar-refractivity contribution in [2.45, 2.75) is 18.9 Å². The minimum Gasteiger partial charge on any atom is -0.497 e. The average Bonchev–Trinajstić information content (AvgIpc) is 2.84. The van der Waals surface area contributed by atoms with E-state index in [0.29, 0.717) is 6.04 Å². The second-order valence-electron chi connectivity index (χ2n) is 4.46. The number of ether oxygens (including phenoxy) is 2. The Kier molecular flexibility index (Phi) is 4.40. The predicted octanol–water partition coefficient (Wildman–Crippen LogP) is 2.48. The summed E-state index contributed by atoms with van der Waals surface area (Å²) in [5.41, 5.74) is 1.39. The molecule has 2 rings (SSSR count). The fourth-order valence-electron chi connectivity index (χ4n) is 2.51. The van der Waals surface area contributed by atoms with Gasteiger partial charge in [-0.3, -0.25) is 4.90 Å². The molecule has 1 atom stereocenters. The molecule has 0 saturated carbocycles. The summed E-state index contributed by atoms with van der Waals surface area (Å²) in [6.45, 7) is 3.01. The van der Waals surface area contributed by atoms with E-state index >= 15 is 0 Å². The van der Waals surface area contributed by atoms with E-state index in [0.717, 1.165) is 18.9 Å². The number of nitrogens with zero attached hydrogens (tertiary/aromatic N) is 1. The summed E-state index contributed by atoms with van der Waals surface area (Å²) in [5.74, 6) is 0.926. The fraction of sp³-hybridized carbons (Fsp3) is 0.571. The number of hydrogen-bond donors (Lipinski definition) is 0. The van der Waals surface area contributed by atoms with Crippen LogP contribution in [0.25, 0.3) is 0 Å². The van der Waals surface area contributed by atoms with Crippen molar-refractivity contribution in [3.63, 3.8) is 0 Å². The van der Waals surface area contributed by atoms with Crippen LogP contribution < -0.4 is 4.74 Å². The second-order valence-corrected chi connectivity index (χ2v) is 4.46. The van der Waals surface area contributed by atoms with Gasteiger partial charge in [-0.15, -0.1) is 0 Å². The molecular weight excluding hydrogens is 214 g/mol. The SMILES string of the molecule is COCCN1CCC[C@H]1c1ccc(OC)cc1. The van der Waals surface area contributed by atoms with Crippen molar-refractivity contribution in [3.8, 4) is 5.75 Å². The summed E-state index contributed by atoms with van der Waals surface area (Å²) < 4.78 is 10.4. The van der Waals surface area contributed by atoms with Crippen molar-refractivity contribution in [1.82, 2.24) is 4.90 Å². The lowest BCUT2D eigenvalue weighted by molar-refractivity contribution is 0.141. The minimum absolute atomic E-state index is 0.552. The number of hydrogen-bond acceptors (Lipinski definition) is 3. The van der Waals surface area contributed by atoms with Crippen LogP contribution in [0.15, 0.2) is 24.3 Å². The van der Waals surface area contributed by atoms with Crippen LogP contribution in [0.3, 0.4) is 0 Å². The topological polar surface area (TPSA) is 21.7 Å². The Morgan fingerprint density at radius 3 is 2.65 bits per heavy atom. The first-order chi connectivity index (χ1) is 8.35. The van der Waals surface area contributed by atoms with E-state index in [1.807, 2.05) is 12.1 Å². The van der Waals surface area contributed by atoms with Crippen molar-refractivity contribution >= 4 is 0 Å².